The van der Waals surface area contributed by atoms with E-state index in [4.69, 9.17) is 4.74 Å². The van der Waals surface area contributed by atoms with Crippen molar-refractivity contribution in [2.75, 3.05) is 26.3 Å². The highest BCUT2D eigenvalue weighted by Crippen LogP contribution is 2.14. The number of hydrogen-bond donors (Lipinski definition) is 1. The van der Waals surface area contributed by atoms with Crippen LogP contribution in [0.1, 0.15) is 27.2 Å². The summed E-state index contributed by atoms with van der Waals surface area (Å²) in [4.78, 5) is 2.32. The normalized spacial score (nSPS) is 26.3. The van der Waals surface area contributed by atoms with Crippen LogP contribution in [0.4, 0.5) is 0 Å². The van der Waals surface area contributed by atoms with E-state index in [2.05, 4.69) is 11.8 Å². The Bertz CT molecular complexity index is 153. The third kappa shape index (κ3) is 3.63. The fourth-order valence-electron chi connectivity index (χ4n) is 1.77. The zero-order valence-electron chi connectivity index (χ0n) is 8.92. The van der Waals surface area contributed by atoms with Crippen LogP contribution in [-0.4, -0.2) is 48.0 Å². The average molecular weight is 187 g/mol. The van der Waals surface area contributed by atoms with Crippen molar-refractivity contribution in [3.63, 3.8) is 0 Å². The maximum Gasteiger partial charge on any atom is 0.0718 e. The largest absolute Gasteiger partial charge is 0.389 e. The molecule has 0 saturated carbocycles. The first kappa shape index (κ1) is 11.0. The molecule has 0 spiro atoms. The molecule has 1 rings (SSSR count). The molecule has 1 aliphatic rings. The first-order valence-corrected chi connectivity index (χ1v) is 5.07. The van der Waals surface area contributed by atoms with Gasteiger partial charge in [-0.1, -0.05) is 6.92 Å². The molecule has 0 radical (unpaired) electrons. The molecule has 13 heavy (non-hydrogen) atoms. The topological polar surface area (TPSA) is 32.7 Å². The Morgan fingerprint density at radius 1 is 1.54 bits per heavy atom. The molecular weight excluding hydrogens is 166 g/mol. The molecule has 78 valence electrons. The third-order valence-corrected chi connectivity index (χ3v) is 2.41. The lowest BCUT2D eigenvalue weighted by Crippen LogP contribution is -2.50. The number of hydrogen-bond acceptors (Lipinski definition) is 3. The number of ether oxygens (including phenoxy) is 1. The first-order chi connectivity index (χ1) is 6.03. The fourth-order valence-corrected chi connectivity index (χ4v) is 1.77. The summed E-state index contributed by atoms with van der Waals surface area (Å²) in [5, 5.41) is 9.70. The minimum absolute atomic E-state index is 0.486. The monoisotopic (exact) mass is 187 g/mol. The van der Waals surface area contributed by atoms with Gasteiger partial charge in [-0.3, -0.25) is 4.90 Å². The van der Waals surface area contributed by atoms with Gasteiger partial charge in [0.2, 0.25) is 0 Å². The maximum atomic E-state index is 9.70. The van der Waals surface area contributed by atoms with Gasteiger partial charge >= 0.3 is 0 Å². The zero-order valence-corrected chi connectivity index (χ0v) is 8.92. The Kier molecular flexibility index (Phi) is 3.71. The van der Waals surface area contributed by atoms with Gasteiger partial charge in [0, 0.05) is 19.1 Å². The van der Waals surface area contributed by atoms with Crippen molar-refractivity contribution in [3.05, 3.63) is 0 Å². The van der Waals surface area contributed by atoms with E-state index in [9.17, 15) is 5.11 Å². The van der Waals surface area contributed by atoms with Crippen molar-refractivity contribution in [1.82, 2.24) is 4.90 Å². The van der Waals surface area contributed by atoms with Gasteiger partial charge in [0.25, 0.3) is 0 Å². The van der Waals surface area contributed by atoms with Gasteiger partial charge in [-0.2, -0.15) is 0 Å². The van der Waals surface area contributed by atoms with Crippen LogP contribution in [0.2, 0.25) is 0 Å². The minimum Gasteiger partial charge on any atom is -0.389 e. The molecule has 0 bridgehead atoms. The van der Waals surface area contributed by atoms with Crippen LogP contribution >= 0.6 is 0 Å². The van der Waals surface area contributed by atoms with Crippen LogP contribution in [0.15, 0.2) is 0 Å². The Hall–Kier alpha value is -0.120. The van der Waals surface area contributed by atoms with Gasteiger partial charge < -0.3 is 9.84 Å². The quantitative estimate of drug-likeness (QED) is 0.711. The molecule has 1 heterocycles. The molecule has 0 aromatic heterocycles. The molecule has 1 unspecified atom stereocenters. The predicted octanol–water partition coefficient (Wildman–Crippen LogP) is 0.868. The number of β-amino-alcohol motifs (C(OH)–C–C–N with tert-alkyl or cyclic N) is 1. The average Bonchev–Trinajstić information content (AvgIpc) is 2.02. The van der Waals surface area contributed by atoms with E-state index in [0.29, 0.717) is 6.04 Å². The lowest BCUT2D eigenvalue weighted by molar-refractivity contribution is -0.0479. The molecule has 0 aromatic carbocycles. The number of aliphatic hydroxyl groups is 1. The molecule has 0 aliphatic carbocycles. The van der Waals surface area contributed by atoms with Gasteiger partial charge in [0.05, 0.1) is 18.8 Å². The van der Waals surface area contributed by atoms with E-state index in [-0.39, 0.29) is 0 Å². The van der Waals surface area contributed by atoms with Crippen LogP contribution in [-0.2, 0) is 4.74 Å². The summed E-state index contributed by atoms with van der Waals surface area (Å²) in [6.45, 7) is 9.18. The number of rotatable bonds is 3. The molecule has 1 aliphatic heterocycles. The molecule has 0 amide bonds. The lowest BCUT2D eigenvalue weighted by atomic mass is 10.1. The predicted molar refractivity (Wildman–Crippen MR) is 52.8 cm³/mol. The SMILES string of the molecule is CCC1COCCN1CC(C)(C)O. The molecular formula is C10H21NO2. The highest BCUT2D eigenvalue weighted by Gasteiger charge is 2.26. The third-order valence-electron chi connectivity index (χ3n) is 2.41. The smallest absolute Gasteiger partial charge is 0.0718 e. The first-order valence-electron chi connectivity index (χ1n) is 5.07. The number of morpholine rings is 1. The molecule has 1 fully saturated rings. The van der Waals surface area contributed by atoms with Crippen LogP contribution in [0, 0.1) is 0 Å². The minimum atomic E-state index is -0.592. The Morgan fingerprint density at radius 3 is 2.77 bits per heavy atom. The summed E-state index contributed by atoms with van der Waals surface area (Å²) >= 11 is 0. The van der Waals surface area contributed by atoms with Crippen molar-refractivity contribution in [2.45, 2.75) is 38.8 Å². The van der Waals surface area contributed by atoms with Crippen LogP contribution in [0.5, 0.6) is 0 Å². The van der Waals surface area contributed by atoms with Crippen molar-refractivity contribution in [3.8, 4) is 0 Å². The van der Waals surface area contributed by atoms with E-state index in [1.54, 1.807) is 0 Å². The van der Waals surface area contributed by atoms with Crippen LogP contribution < -0.4 is 0 Å². The summed E-state index contributed by atoms with van der Waals surface area (Å²) in [6.07, 6.45) is 1.09. The number of nitrogens with zero attached hydrogens (tertiary/aromatic N) is 1. The van der Waals surface area contributed by atoms with Gasteiger partial charge in [-0.15, -0.1) is 0 Å². The standard InChI is InChI=1S/C10H21NO2/c1-4-9-7-13-6-5-11(9)8-10(2,3)12/h9,12H,4-8H2,1-3H3. The zero-order chi connectivity index (χ0) is 9.90. The molecule has 1 N–H and O–H groups in total. The molecule has 3 nitrogen and oxygen atoms in total. The maximum absolute atomic E-state index is 9.70. The summed E-state index contributed by atoms with van der Waals surface area (Å²) in [7, 11) is 0. The van der Waals surface area contributed by atoms with Crippen molar-refractivity contribution in [1.29, 1.82) is 0 Å². The van der Waals surface area contributed by atoms with Crippen LogP contribution in [0.3, 0.4) is 0 Å². The molecule has 3 heteroatoms. The van der Waals surface area contributed by atoms with Crippen molar-refractivity contribution in [2.24, 2.45) is 0 Å². The van der Waals surface area contributed by atoms with Gasteiger partial charge in [-0.25, -0.2) is 0 Å². The molecule has 0 aromatic rings. The second-order valence-electron chi connectivity index (χ2n) is 4.42. The van der Waals surface area contributed by atoms with Gasteiger partial charge in [0.15, 0.2) is 0 Å². The lowest BCUT2D eigenvalue weighted by Gasteiger charge is -2.38. The summed E-state index contributed by atoms with van der Waals surface area (Å²) < 4.78 is 5.39. The fraction of sp³-hybridized carbons (Fsp3) is 1.00. The Morgan fingerprint density at radius 2 is 2.23 bits per heavy atom. The molecule has 1 saturated heterocycles. The second-order valence-corrected chi connectivity index (χ2v) is 4.42. The van der Waals surface area contributed by atoms with Gasteiger partial charge in [-0.05, 0) is 20.3 Å². The van der Waals surface area contributed by atoms with Crippen LogP contribution in [0.25, 0.3) is 0 Å². The van der Waals surface area contributed by atoms with E-state index in [0.717, 1.165) is 32.7 Å². The second kappa shape index (κ2) is 4.40. The van der Waals surface area contributed by atoms with Crippen molar-refractivity contribution >= 4 is 0 Å². The van der Waals surface area contributed by atoms with E-state index >= 15 is 0 Å². The summed E-state index contributed by atoms with van der Waals surface area (Å²) in [6, 6.07) is 0.486. The highest BCUT2D eigenvalue weighted by atomic mass is 16.5. The Labute approximate surface area is 80.7 Å². The van der Waals surface area contributed by atoms with E-state index < -0.39 is 5.60 Å². The highest BCUT2D eigenvalue weighted by molar-refractivity contribution is 4.79. The summed E-state index contributed by atoms with van der Waals surface area (Å²) in [5.41, 5.74) is -0.592. The summed E-state index contributed by atoms with van der Waals surface area (Å²) in [5.74, 6) is 0. The molecule has 1 atom stereocenters. The van der Waals surface area contributed by atoms with E-state index in [1.807, 2.05) is 13.8 Å². The van der Waals surface area contributed by atoms with E-state index in [1.165, 1.54) is 0 Å². The van der Waals surface area contributed by atoms with Gasteiger partial charge in [0.1, 0.15) is 0 Å². The van der Waals surface area contributed by atoms with Crippen molar-refractivity contribution < 1.29 is 9.84 Å². The Balaban J connectivity index is 2.45.